The van der Waals surface area contributed by atoms with Gasteiger partial charge in [0.2, 0.25) is 0 Å². The molecule has 1 heterocycles. The predicted octanol–water partition coefficient (Wildman–Crippen LogP) is 4.77. The SMILES string of the molecule is Cc1ccc(CN(CCCN2CCOCC2)C(=O)Nc2cccc(C(F)(F)F)c2)cc1. The topological polar surface area (TPSA) is 44.8 Å². The van der Waals surface area contributed by atoms with Crippen LogP contribution in [0.4, 0.5) is 23.7 Å². The number of hydrogen-bond acceptors (Lipinski definition) is 3. The van der Waals surface area contributed by atoms with Crippen LogP contribution >= 0.6 is 0 Å². The fourth-order valence-electron chi connectivity index (χ4n) is 3.45. The standard InChI is InChI=1S/C23H28F3N3O2/c1-18-6-8-19(9-7-18)17-29(11-3-10-28-12-14-31-15-13-28)22(30)27-21-5-2-4-20(16-21)23(24,25)26/h2,4-9,16H,3,10-15,17H2,1H3,(H,27,30). The summed E-state index contributed by atoms with van der Waals surface area (Å²) in [6.45, 7) is 6.87. The number of urea groups is 1. The number of carbonyl (C=O) groups excluding carboxylic acids is 1. The van der Waals surface area contributed by atoms with Crippen LogP contribution in [0.15, 0.2) is 48.5 Å². The third-order valence-corrected chi connectivity index (χ3v) is 5.23. The molecule has 0 unspecified atom stereocenters. The lowest BCUT2D eigenvalue weighted by Gasteiger charge is -2.28. The Balaban J connectivity index is 1.66. The van der Waals surface area contributed by atoms with E-state index in [2.05, 4.69) is 10.2 Å². The first-order valence-corrected chi connectivity index (χ1v) is 10.4. The van der Waals surface area contributed by atoms with Crippen LogP contribution in [-0.2, 0) is 17.5 Å². The van der Waals surface area contributed by atoms with Gasteiger partial charge in [-0.05, 0) is 37.1 Å². The predicted molar refractivity (Wildman–Crippen MR) is 114 cm³/mol. The molecule has 2 aromatic carbocycles. The summed E-state index contributed by atoms with van der Waals surface area (Å²) in [4.78, 5) is 16.9. The van der Waals surface area contributed by atoms with E-state index in [9.17, 15) is 18.0 Å². The smallest absolute Gasteiger partial charge is 0.379 e. The Morgan fingerprint density at radius 2 is 1.84 bits per heavy atom. The number of hydrogen-bond donors (Lipinski definition) is 1. The number of carbonyl (C=O) groups is 1. The lowest BCUT2D eigenvalue weighted by atomic mass is 10.1. The maximum atomic E-state index is 13.0. The molecule has 0 aromatic heterocycles. The van der Waals surface area contributed by atoms with Gasteiger partial charge in [0.15, 0.2) is 0 Å². The number of ether oxygens (including phenoxy) is 1. The van der Waals surface area contributed by atoms with Crippen molar-refractivity contribution in [3.8, 4) is 0 Å². The monoisotopic (exact) mass is 435 g/mol. The highest BCUT2D eigenvalue weighted by atomic mass is 19.4. The zero-order valence-electron chi connectivity index (χ0n) is 17.6. The van der Waals surface area contributed by atoms with Gasteiger partial charge in [0.1, 0.15) is 0 Å². The van der Waals surface area contributed by atoms with Crippen LogP contribution in [0.1, 0.15) is 23.1 Å². The first-order valence-electron chi connectivity index (χ1n) is 10.4. The molecule has 5 nitrogen and oxygen atoms in total. The molecule has 2 aromatic rings. The molecule has 1 aliphatic rings. The first kappa shape index (κ1) is 23.1. The Hall–Kier alpha value is -2.58. The van der Waals surface area contributed by atoms with Gasteiger partial charge in [0.25, 0.3) is 0 Å². The average molecular weight is 435 g/mol. The van der Waals surface area contributed by atoms with Crippen molar-refractivity contribution in [2.45, 2.75) is 26.1 Å². The van der Waals surface area contributed by atoms with Crippen molar-refractivity contribution in [3.63, 3.8) is 0 Å². The zero-order chi connectivity index (χ0) is 22.3. The molecule has 8 heteroatoms. The third kappa shape index (κ3) is 7.25. The number of alkyl halides is 3. The summed E-state index contributed by atoms with van der Waals surface area (Å²) in [7, 11) is 0. The van der Waals surface area contributed by atoms with E-state index in [1.165, 1.54) is 12.1 Å². The number of anilines is 1. The molecule has 1 N–H and O–H groups in total. The summed E-state index contributed by atoms with van der Waals surface area (Å²) in [5.74, 6) is 0. The summed E-state index contributed by atoms with van der Waals surface area (Å²) in [6.07, 6.45) is -3.69. The summed E-state index contributed by atoms with van der Waals surface area (Å²) in [5.41, 5.74) is 1.43. The number of amides is 2. The molecule has 31 heavy (non-hydrogen) atoms. The maximum Gasteiger partial charge on any atom is 0.416 e. The summed E-state index contributed by atoms with van der Waals surface area (Å²) < 4.78 is 44.3. The zero-order valence-corrected chi connectivity index (χ0v) is 17.6. The molecular weight excluding hydrogens is 407 g/mol. The normalized spacial score (nSPS) is 15.0. The van der Waals surface area contributed by atoms with E-state index in [1.807, 2.05) is 31.2 Å². The Bertz CT molecular complexity index is 850. The molecule has 2 amide bonds. The van der Waals surface area contributed by atoms with Gasteiger partial charge in [0.05, 0.1) is 18.8 Å². The van der Waals surface area contributed by atoms with E-state index >= 15 is 0 Å². The molecule has 0 radical (unpaired) electrons. The molecule has 168 valence electrons. The summed E-state index contributed by atoms with van der Waals surface area (Å²) in [6, 6.07) is 12.2. The highest BCUT2D eigenvalue weighted by molar-refractivity contribution is 5.89. The van der Waals surface area contributed by atoms with Gasteiger partial charge in [-0.3, -0.25) is 4.90 Å². The minimum absolute atomic E-state index is 0.127. The molecule has 0 aliphatic carbocycles. The molecule has 3 rings (SSSR count). The van der Waals surface area contributed by atoms with Gasteiger partial charge in [0, 0.05) is 38.4 Å². The molecule has 1 saturated heterocycles. The Morgan fingerprint density at radius 1 is 1.13 bits per heavy atom. The van der Waals surface area contributed by atoms with E-state index in [4.69, 9.17) is 4.74 Å². The lowest BCUT2D eigenvalue weighted by molar-refractivity contribution is -0.137. The average Bonchev–Trinajstić information content (AvgIpc) is 2.75. The van der Waals surface area contributed by atoms with Crippen molar-refractivity contribution in [3.05, 3.63) is 65.2 Å². The summed E-state index contributed by atoms with van der Waals surface area (Å²) >= 11 is 0. The van der Waals surface area contributed by atoms with Gasteiger partial charge in [-0.2, -0.15) is 13.2 Å². The van der Waals surface area contributed by atoms with E-state index in [0.717, 1.165) is 49.3 Å². The van der Waals surface area contributed by atoms with Crippen molar-refractivity contribution in [2.75, 3.05) is 44.7 Å². The number of benzene rings is 2. The second-order valence-corrected chi connectivity index (χ2v) is 7.72. The Kier molecular flexibility index (Phi) is 7.92. The van der Waals surface area contributed by atoms with Crippen LogP contribution in [-0.4, -0.2) is 55.2 Å². The molecule has 0 atom stereocenters. The highest BCUT2D eigenvalue weighted by Crippen LogP contribution is 2.30. The fraction of sp³-hybridized carbons (Fsp3) is 0.435. The number of halogens is 3. The largest absolute Gasteiger partial charge is 0.416 e. The molecule has 1 fully saturated rings. The Morgan fingerprint density at radius 3 is 2.52 bits per heavy atom. The Labute approximate surface area is 180 Å². The van der Waals surface area contributed by atoms with Gasteiger partial charge in [-0.25, -0.2) is 4.79 Å². The van der Waals surface area contributed by atoms with Gasteiger partial charge in [-0.15, -0.1) is 0 Å². The van der Waals surface area contributed by atoms with Crippen LogP contribution in [0.3, 0.4) is 0 Å². The second-order valence-electron chi connectivity index (χ2n) is 7.72. The van der Waals surface area contributed by atoms with Gasteiger partial charge < -0.3 is 15.0 Å². The number of morpholine rings is 1. The number of aryl methyl sites for hydroxylation is 1. The molecule has 0 bridgehead atoms. The van der Waals surface area contributed by atoms with Crippen LogP contribution in [0, 0.1) is 6.92 Å². The third-order valence-electron chi connectivity index (χ3n) is 5.23. The summed E-state index contributed by atoms with van der Waals surface area (Å²) in [5, 5.41) is 2.63. The number of rotatable bonds is 7. The van der Waals surface area contributed by atoms with Crippen LogP contribution < -0.4 is 5.32 Å². The fourth-order valence-corrected chi connectivity index (χ4v) is 3.45. The lowest BCUT2D eigenvalue weighted by Crippen LogP contribution is -2.40. The van der Waals surface area contributed by atoms with E-state index in [-0.39, 0.29) is 5.69 Å². The highest BCUT2D eigenvalue weighted by Gasteiger charge is 2.30. The number of nitrogens with zero attached hydrogens (tertiary/aromatic N) is 2. The quantitative estimate of drug-likeness (QED) is 0.682. The minimum atomic E-state index is -4.46. The molecular formula is C23H28F3N3O2. The van der Waals surface area contributed by atoms with Crippen LogP contribution in [0.25, 0.3) is 0 Å². The van der Waals surface area contributed by atoms with Gasteiger partial charge >= 0.3 is 12.2 Å². The van der Waals surface area contributed by atoms with Crippen LogP contribution in [0.5, 0.6) is 0 Å². The molecule has 1 aliphatic heterocycles. The van der Waals surface area contributed by atoms with E-state index in [0.29, 0.717) is 26.3 Å². The minimum Gasteiger partial charge on any atom is -0.379 e. The number of nitrogens with one attached hydrogen (secondary N) is 1. The van der Waals surface area contributed by atoms with Crippen molar-refractivity contribution in [1.82, 2.24) is 9.80 Å². The first-order chi connectivity index (χ1) is 14.8. The van der Waals surface area contributed by atoms with Crippen molar-refractivity contribution in [2.24, 2.45) is 0 Å². The van der Waals surface area contributed by atoms with Crippen molar-refractivity contribution < 1.29 is 22.7 Å². The maximum absolute atomic E-state index is 13.0. The van der Waals surface area contributed by atoms with Gasteiger partial charge in [-0.1, -0.05) is 35.9 Å². The second kappa shape index (κ2) is 10.6. The van der Waals surface area contributed by atoms with Crippen LogP contribution in [0.2, 0.25) is 0 Å². The molecule has 0 saturated carbocycles. The van der Waals surface area contributed by atoms with E-state index < -0.39 is 17.8 Å². The van der Waals surface area contributed by atoms with Crippen molar-refractivity contribution in [1.29, 1.82) is 0 Å². The molecule has 0 spiro atoms. The van der Waals surface area contributed by atoms with E-state index in [1.54, 1.807) is 4.90 Å². The van der Waals surface area contributed by atoms with Crippen molar-refractivity contribution >= 4 is 11.7 Å².